The van der Waals surface area contributed by atoms with Crippen LogP contribution in [0.4, 0.5) is 0 Å². The van der Waals surface area contributed by atoms with Crippen LogP contribution in [-0.2, 0) is 43.0 Å². The fourth-order valence-corrected chi connectivity index (χ4v) is 1.69. The van der Waals surface area contributed by atoms with Crippen LogP contribution >= 0.6 is 0 Å². The molecule has 0 bridgehead atoms. The second kappa shape index (κ2) is 11.9. The first-order valence-corrected chi connectivity index (χ1v) is 7.85. The molecule has 9 nitrogen and oxygen atoms in total. The summed E-state index contributed by atoms with van der Waals surface area (Å²) in [5.74, 6) is -2.86. The maximum Gasteiger partial charge on any atom is 3.00 e. The van der Waals surface area contributed by atoms with Gasteiger partial charge in [0.25, 0.3) is 0 Å². The zero-order valence-corrected chi connectivity index (χ0v) is 17.9. The number of rotatable bonds is 0. The van der Waals surface area contributed by atoms with Crippen LogP contribution in [0.1, 0.15) is 20.8 Å². The van der Waals surface area contributed by atoms with Crippen LogP contribution in [0, 0.1) is 0 Å². The van der Waals surface area contributed by atoms with E-state index in [9.17, 15) is 28.8 Å². The van der Waals surface area contributed by atoms with E-state index in [-0.39, 0.29) is 19.8 Å². The van der Waals surface area contributed by atoms with Crippen LogP contribution in [-0.4, -0.2) is 72.8 Å². The van der Waals surface area contributed by atoms with Crippen LogP contribution in [0.5, 0.6) is 0 Å². The molecule has 0 amide bonds. The third-order valence-corrected chi connectivity index (χ3v) is 3.34. The van der Waals surface area contributed by atoms with Crippen LogP contribution in [0.25, 0.3) is 0 Å². The van der Waals surface area contributed by atoms with Crippen molar-refractivity contribution >= 4 is 54.5 Å². The van der Waals surface area contributed by atoms with Gasteiger partial charge in [-0.3, -0.25) is 28.8 Å². The Morgan fingerprint density at radius 3 is 0.893 bits per heavy atom. The number of hydrogen-bond acceptors (Lipinski definition) is 9. The molecule has 0 saturated heterocycles. The Bertz CT molecular complexity index is 648. The molecule has 144 valence electrons. The standard InChI is InChI=1S/3C6H6O3.Ga/c3*1-4-6(8)5(7)2-3-9-4;/h3*2-4H,1H3;/q;;;+3. The van der Waals surface area contributed by atoms with E-state index in [1.807, 2.05) is 0 Å². The summed E-state index contributed by atoms with van der Waals surface area (Å²) < 4.78 is 14.1. The van der Waals surface area contributed by atoms with Gasteiger partial charge < -0.3 is 14.2 Å². The number of allylic oxidation sites excluding steroid dienone is 3. The Kier molecular flexibility index (Phi) is 10.7. The van der Waals surface area contributed by atoms with Gasteiger partial charge >= 0.3 is 19.8 Å². The minimum Gasteiger partial charge on any atom is -0.490 e. The van der Waals surface area contributed by atoms with Gasteiger partial charge in [0.1, 0.15) is 0 Å². The predicted molar refractivity (Wildman–Crippen MR) is 94.9 cm³/mol. The van der Waals surface area contributed by atoms with Crippen molar-refractivity contribution in [3.8, 4) is 0 Å². The molecule has 0 saturated carbocycles. The van der Waals surface area contributed by atoms with Crippen molar-refractivity contribution < 1.29 is 43.0 Å². The van der Waals surface area contributed by atoms with Gasteiger partial charge in [-0.25, -0.2) is 0 Å². The molecule has 0 spiro atoms. The minimum atomic E-state index is -0.595. The molecule has 0 fully saturated rings. The number of hydrogen-bond donors (Lipinski definition) is 0. The second-order valence-corrected chi connectivity index (χ2v) is 5.43. The third-order valence-electron chi connectivity index (χ3n) is 3.34. The Morgan fingerprint density at radius 1 is 0.536 bits per heavy atom. The molecular formula is C18H18GaO9+3. The first-order valence-electron chi connectivity index (χ1n) is 7.85. The minimum absolute atomic E-state index is 0. The van der Waals surface area contributed by atoms with Gasteiger partial charge in [-0.15, -0.1) is 0 Å². The Hall–Kier alpha value is -2.72. The fraction of sp³-hybridized carbons (Fsp3) is 0.333. The molecule has 0 N–H and O–H groups in total. The van der Waals surface area contributed by atoms with Crippen molar-refractivity contribution in [1.29, 1.82) is 0 Å². The van der Waals surface area contributed by atoms with Gasteiger partial charge in [0.2, 0.25) is 34.7 Å². The first-order chi connectivity index (χ1) is 12.6. The van der Waals surface area contributed by atoms with Gasteiger partial charge in [0.05, 0.1) is 18.8 Å². The van der Waals surface area contributed by atoms with Gasteiger partial charge in [0.15, 0.2) is 18.3 Å². The van der Waals surface area contributed by atoms with Crippen LogP contribution in [0.2, 0.25) is 0 Å². The normalized spacial score (nSPS) is 25.2. The zero-order valence-electron chi connectivity index (χ0n) is 15.4. The second-order valence-electron chi connectivity index (χ2n) is 5.43. The molecule has 0 aromatic carbocycles. The molecule has 28 heavy (non-hydrogen) atoms. The van der Waals surface area contributed by atoms with E-state index in [0.29, 0.717) is 0 Å². The quantitative estimate of drug-likeness (QED) is 0.365. The molecule has 3 aliphatic rings. The molecule has 3 unspecified atom stereocenters. The molecule has 0 radical (unpaired) electrons. The first kappa shape index (κ1) is 25.3. The van der Waals surface area contributed by atoms with Gasteiger partial charge in [0, 0.05) is 18.2 Å². The third kappa shape index (κ3) is 7.49. The van der Waals surface area contributed by atoms with Crippen molar-refractivity contribution in [2.45, 2.75) is 39.1 Å². The number of carbonyl (C=O) groups excluding carboxylic acids is 6. The summed E-state index contributed by atoms with van der Waals surface area (Å²) in [6, 6.07) is 0. The van der Waals surface area contributed by atoms with Crippen LogP contribution < -0.4 is 0 Å². The number of ether oxygens (including phenoxy) is 3. The number of carbonyl (C=O) groups is 6. The summed E-state index contributed by atoms with van der Waals surface area (Å²) in [5.41, 5.74) is 0. The monoisotopic (exact) mass is 447 g/mol. The summed E-state index contributed by atoms with van der Waals surface area (Å²) >= 11 is 0. The van der Waals surface area contributed by atoms with Crippen LogP contribution in [0.15, 0.2) is 37.0 Å². The SMILES string of the molecule is CC1OC=CC(=O)C1=O.CC1OC=CC(=O)C1=O.CC1OC=CC(=O)C1=O.[Ga+3]. The van der Waals surface area contributed by atoms with Crippen LogP contribution in [0.3, 0.4) is 0 Å². The maximum atomic E-state index is 10.6. The van der Waals surface area contributed by atoms with Crippen molar-refractivity contribution in [2.75, 3.05) is 0 Å². The molecule has 0 aromatic rings. The summed E-state index contributed by atoms with van der Waals surface area (Å²) in [7, 11) is 0. The van der Waals surface area contributed by atoms with E-state index in [4.69, 9.17) is 14.2 Å². The molecule has 10 heteroatoms. The van der Waals surface area contributed by atoms with E-state index in [0.717, 1.165) is 18.2 Å². The Labute approximate surface area is 173 Å². The van der Waals surface area contributed by atoms with Crippen molar-refractivity contribution in [1.82, 2.24) is 0 Å². The van der Waals surface area contributed by atoms with E-state index in [1.165, 1.54) is 18.8 Å². The van der Waals surface area contributed by atoms with Gasteiger partial charge in [-0.1, -0.05) is 0 Å². The van der Waals surface area contributed by atoms with E-state index < -0.39 is 53.0 Å². The Morgan fingerprint density at radius 2 is 0.750 bits per heavy atom. The molecular weight excluding hydrogens is 430 g/mol. The number of ketones is 6. The summed E-state index contributed by atoms with van der Waals surface area (Å²) in [6.07, 6.45) is 5.33. The molecule has 3 aliphatic heterocycles. The topological polar surface area (TPSA) is 130 Å². The molecule has 3 heterocycles. The molecule has 3 atom stereocenters. The average molecular weight is 448 g/mol. The smallest absolute Gasteiger partial charge is 0.490 e. The largest absolute Gasteiger partial charge is 3.00 e. The zero-order chi connectivity index (χ0) is 20.6. The van der Waals surface area contributed by atoms with Crippen molar-refractivity contribution in [3.63, 3.8) is 0 Å². The summed E-state index contributed by atoms with van der Waals surface area (Å²) in [6.45, 7) is 4.64. The van der Waals surface area contributed by atoms with Gasteiger partial charge in [-0.2, -0.15) is 0 Å². The van der Waals surface area contributed by atoms with Crippen molar-refractivity contribution in [2.24, 2.45) is 0 Å². The van der Waals surface area contributed by atoms with Crippen molar-refractivity contribution in [3.05, 3.63) is 37.0 Å². The Balaban J connectivity index is 0.000000384. The van der Waals surface area contributed by atoms with Gasteiger partial charge in [-0.05, 0) is 20.8 Å². The predicted octanol–water partition coefficient (Wildman–Crippen LogP) is -0.210. The summed E-state index contributed by atoms with van der Waals surface area (Å²) in [5, 5.41) is 0. The number of Topliss-reactive ketones (excluding diaryl/α,β-unsaturated/α-hetero) is 3. The molecule has 3 rings (SSSR count). The van der Waals surface area contributed by atoms with E-state index in [1.54, 1.807) is 20.8 Å². The van der Waals surface area contributed by atoms with E-state index >= 15 is 0 Å². The summed E-state index contributed by atoms with van der Waals surface area (Å²) in [4.78, 5) is 63.3. The van der Waals surface area contributed by atoms with E-state index in [2.05, 4.69) is 0 Å². The molecule has 0 aliphatic carbocycles. The fourth-order valence-electron chi connectivity index (χ4n) is 1.69. The molecule has 0 aromatic heterocycles. The average Bonchev–Trinajstić information content (AvgIpc) is 2.63. The maximum absolute atomic E-state index is 10.6.